The Kier molecular flexibility index (Phi) is 7.94. The molecule has 4 rings (SSSR count). The van der Waals surface area contributed by atoms with Crippen molar-refractivity contribution in [3.05, 3.63) is 137 Å². The second-order valence-electron chi connectivity index (χ2n) is 8.96. The fourth-order valence-electron chi connectivity index (χ4n) is 4.39. The molecule has 0 aliphatic rings. The summed E-state index contributed by atoms with van der Waals surface area (Å²) in [6.45, 7) is 4.97. The maximum Gasteiger partial charge on any atom is 0.322 e. The van der Waals surface area contributed by atoms with Crippen LogP contribution in [0.2, 0.25) is 0 Å². The number of carbonyl (C=O) groups excluding carboxylic acids is 1. The minimum atomic E-state index is -0.284. The van der Waals surface area contributed by atoms with Crippen LogP contribution < -0.4 is 5.32 Å². The van der Waals surface area contributed by atoms with Crippen LogP contribution in [-0.2, 0) is 6.54 Å². The Morgan fingerprint density at radius 3 is 2.00 bits per heavy atom. The monoisotopic (exact) mass is 466 g/mol. The number of amides is 2. The average molecular weight is 467 g/mol. The summed E-state index contributed by atoms with van der Waals surface area (Å²) in [6, 6.07) is 32.9. The van der Waals surface area contributed by atoms with E-state index in [9.17, 15) is 9.18 Å². The molecule has 4 aromatic carbocycles. The van der Waals surface area contributed by atoms with E-state index in [4.69, 9.17) is 0 Å². The van der Waals surface area contributed by atoms with Crippen LogP contribution in [0.3, 0.4) is 0 Å². The Labute approximate surface area is 207 Å². The van der Waals surface area contributed by atoms with Gasteiger partial charge in [0.05, 0.1) is 0 Å². The molecule has 0 radical (unpaired) electrons. The molecule has 2 amide bonds. The molecule has 0 heterocycles. The quantitative estimate of drug-likeness (QED) is 0.283. The minimum Gasteiger partial charge on any atom is -0.320 e. The van der Waals surface area contributed by atoms with Crippen LogP contribution in [0.15, 0.2) is 103 Å². The fourth-order valence-corrected chi connectivity index (χ4v) is 4.39. The van der Waals surface area contributed by atoms with E-state index in [0.717, 1.165) is 28.8 Å². The van der Waals surface area contributed by atoms with Crippen molar-refractivity contribution in [1.29, 1.82) is 0 Å². The van der Waals surface area contributed by atoms with Crippen molar-refractivity contribution in [2.45, 2.75) is 32.7 Å². The van der Waals surface area contributed by atoms with E-state index in [1.807, 2.05) is 43.0 Å². The summed E-state index contributed by atoms with van der Waals surface area (Å²) in [6.07, 6.45) is 0.759. The van der Waals surface area contributed by atoms with Gasteiger partial charge in [-0.25, -0.2) is 9.18 Å². The van der Waals surface area contributed by atoms with Crippen molar-refractivity contribution in [3.8, 4) is 0 Å². The Morgan fingerprint density at radius 2 is 1.43 bits per heavy atom. The van der Waals surface area contributed by atoms with Crippen molar-refractivity contribution in [1.82, 2.24) is 4.90 Å². The number of nitrogens with zero attached hydrogens (tertiary/aromatic N) is 1. The first kappa shape index (κ1) is 24.2. The van der Waals surface area contributed by atoms with Crippen LogP contribution in [-0.4, -0.2) is 17.5 Å². The highest BCUT2D eigenvalue weighted by molar-refractivity contribution is 5.90. The molecule has 4 heteroatoms. The summed E-state index contributed by atoms with van der Waals surface area (Å²) in [5, 5.41) is 3.09. The maximum atomic E-state index is 13.5. The van der Waals surface area contributed by atoms with Gasteiger partial charge in [0.15, 0.2) is 0 Å². The van der Waals surface area contributed by atoms with Gasteiger partial charge in [0.2, 0.25) is 0 Å². The van der Waals surface area contributed by atoms with E-state index in [1.54, 1.807) is 12.1 Å². The molecule has 35 heavy (non-hydrogen) atoms. The van der Waals surface area contributed by atoms with E-state index in [1.165, 1.54) is 23.3 Å². The molecule has 0 atom stereocenters. The minimum absolute atomic E-state index is 0.155. The Balaban J connectivity index is 1.58. The summed E-state index contributed by atoms with van der Waals surface area (Å²) < 4.78 is 13.5. The smallest absolute Gasteiger partial charge is 0.320 e. The summed E-state index contributed by atoms with van der Waals surface area (Å²) in [7, 11) is 0. The molecule has 0 aliphatic carbocycles. The Bertz CT molecular complexity index is 1200. The van der Waals surface area contributed by atoms with Crippen LogP contribution in [0, 0.1) is 19.7 Å². The number of halogens is 1. The second kappa shape index (κ2) is 11.5. The largest absolute Gasteiger partial charge is 0.322 e. The zero-order chi connectivity index (χ0) is 24.6. The first-order valence-electron chi connectivity index (χ1n) is 12.0. The van der Waals surface area contributed by atoms with Gasteiger partial charge < -0.3 is 10.2 Å². The van der Waals surface area contributed by atoms with Crippen LogP contribution in [0.25, 0.3) is 0 Å². The van der Waals surface area contributed by atoms with Crippen molar-refractivity contribution < 1.29 is 9.18 Å². The van der Waals surface area contributed by atoms with Gasteiger partial charge in [-0.15, -0.1) is 0 Å². The maximum absolute atomic E-state index is 13.5. The number of benzene rings is 4. The molecule has 0 unspecified atom stereocenters. The zero-order valence-electron chi connectivity index (χ0n) is 20.2. The topological polar surface area (TPSA) is 32.3 Å². The van der Waals surface area contributed by atoms with Crippen LogP contribution >= 0.6 is 0 Å². The Hall–Kier alpha value is -3.92. The third-order valence-electron chi connectivity index (χ3n) is 6.29. The highest BCUT2D eigenvalue weighted by atomic mass is 19.1. The Morgan fingerprint density at radius 1 is 0.829 bits per heavy atom. The molecule has 3 nitrogen and oxygen atoms in total. The van der Waals surface area contributed by atoms with Crippen LogP contribution in [0.4, 0.5) is 14.9 Å². The molecular formula is C31H31FN2O. The predicted octanol–water partition coefficient (Wildman–Crippen LogP) is 7.70. The molecular weight excluding hydrogens is 435 g/mol. The number of hydrogen-bond acceptors (Lipinski definition) is 1. The number of urea groups is 1. The molecule has 0 aromatic heterocycles. The van der Waals surface area contributed by atoms with E-state index in [-0.39, 0.29) is 17.8 Å². The lowest BCUT2D eigenvalue weighted by Crippen LogP contribution is -2.36. The molecule has 178 valence electrons. The lowest BCUT2D eigenvalue weighted by atomic mass is 9.88. The fraction of sp³-hybridized carbons (Fsp3) is 0.194. The summed E-state index contributed by atoms with van der Waals surface area (Å²) >= 11 is 0. The van der Waals surface area contributed by atoms with Gasteiger partial charge in [0, 0.05) is 24.7 Å². The van der Waals surface area contributed by atoms with Gasteiger partial charge in [0.1, 0.15) is 5.82 Å². The second-order valence-corrected chi connectivity index (χ2v) is 8.96. The summed E-state index contributed by atoms with van der Waals surface area (Å²) in [5.74, 6) is -0.129. The number of rotatable bonds is 8. The van der Waals surface area contributed by atoms with Crippen molar-refractivity contribution in [3.63, 3.8) is 0 Å². The molecule has 0 aliphatic heterocycles. The highest BCUT2D eigenvalue weighted by Gasteiger charge is 2.20. The zero-order valence-corrected chi connectivity index (χ0v) is 20.2. The van der Waals surface area contributed by atoms with Gasteiger partial charge in [-0.2, -0.15) is 0 Å². The van der Waals surface area contributed by atoms with Crippen LogP contribution in [0.1, 0.15) is 40.2 Å². The number of hydrogen-bond donors (Lipinski definition) is 1. The number of aryl methyl sites for hydroxylation is 2. The van der Waals surface area contributed by atoms with E-state index < -0.39 is 0 Å². The van der Waals surface area contributed by atoms with Crippen LogP contribution in [0.5, 0.6) is 0 Å². The molecule has 4 aromatic rings. The van der Waals surface area contributed by atoms with Crippen molar-refractivity contribution in [2.24, 2.45) is 0 Å². The lowest BCUT2D eigenvalue weighted by Gasteiger charge is -2.27. The standard InChI is InChI=1S/C31H31FN2O/c1-23-13-18-30(24(2)21-23)33-31(35)34(22-25-14-16-28(32)17-15-25)20-19-29(26-9-5-3-6-10-26)27-11-7-4-8-12-27/h3-18,21,29H,19-20,22H2,1-2H3,(H,33,35). The molecule has 0 bridgehead atoms. The lowest BCUT2D eigenvalue weighted by molar-refractivity contribution is 0.207. The summed E-state index contributed by atoms with van der Waals surface area (Å²) in [5.41, 5.74) is 6.29. The number of anilines is 1. The molecule has 0 spiro atoms. The number of carbonyl (C=O) groups is 1. The highest BCUT2D eigenvalue weighted by Crippen LogP contribution is 2.28. The molecule has 0 saturated carbocycles. The van der Waals surface area contributed by atoms with E-state index in [2.05, 4.69) is 59.9 Å². The first-order valence-corrected chi connectivity index (χ1v) is 12.0. The number of nitrogens with one attached hydrogen (secondary N) is 1. The van der Waals surface area contributed by atoms with E-state index >= 15 is 0 Å². The van der Waals surface area contributed by atoms with Gasteiger partial charge in [-0.3, -0.25) is 0 Å². The third-order valence-corrected chi connectivity index (χ3v) is 6.29. The first-order chi connectivity index (χ1) is 17.0. The summed E-state index contributed by atoms with van der Waals surface area (Å²) in [4.78, 5) is 15.3. The average Bonchev–Trinajstić information content (AvgIpc) is 2.87. The normalized spacial score (nSPS) is 10.9. The molecule has 0 saturated heterocycles. The van der Waals surface area contributed by atoms with Gasteiger partial charge >= 0.3 is 6.03 Å². The van der Waals surface area contributed by atoms with Crippen molar-refractivity contribution >= 4 is 11.7 Å². The third kappa shape index (κ3) is 6.57. The van der Waals surface area contributed by atoms with Gasteiger partial charge in [-0.05, 0) is 60.7 Å². The SMILES string of the molecule is Cc1ccc(NC(=O)N(CCC(c2ccccc2)c2ccccc2)Cc2ccc(F)cc2)c(C)c1. The molecule has 0 fully saturated rings. The predicted molar refractivity (Wildman–Crippen MR) is 141 cm³/mol. The van der Waals surface area contributed by atoms with Gasteiger partial charge in [-0.1, -0.05) is 90.5 Å². The van der Waals surface area contributed by atoms with E-state index in [0.29, 0.717) is 13.1 Å². The van der Waals surface area contributed by atoms with Crippen molar-refractivity contribution in [2.75, 3.05) is 11.9 Å². The molecule has 1 N–H and O–H groups in total. The van der Waals surface area contributed by atoms with Gasteiger partial charge in [0.25, 0.3) is 0 Å².